The van der Waals surface area contributed by atoms with Crippen LogP contribution < -0.4 is 5.73 Å². The molecule has 1 unspecified atom stereocenters. The average Bonchev–Trinajstić information content (AvgIpc) is 3.02. The second kappa shape index (κ2) is 42.4. The minimum absolute atomic E-state index is 0.0982. The fourth-order valence-electron chi connectivity index (χ4n) is 6.31. The lowest BCUT2D eigenvalue weighted by molar-refractivity contribution is -0.142. The third-order valence-corrected chi connectivity index (χ3v) is 9.47. The van der Waals surface area contributed by atoms with Crippen LogP contribution in [0.25, 0.3) is 0 Å². The van der Waals surface area contributed by atoms with Gasteiger partial charge >= 0.3 is 5.97 Å². The summed E-state index contributed by atoms with van der Waals surface area (Å²) in [6.45, 7) is 7.60. The topological polar surface area (TPSA) is 63.3 Å². The van der Waals surface area contributed by atoms with E-state index in [-0.39, 0.29) is 5.92 Å². The molecule has 0 bridgehead atoms. The van der Waals surface area contributed by atoms with E-state index in [0.717, 1.165) is 32.2 Å². The van der Waals surface area contributed by atoms with Crippen molar-refractivity contribution in [2.24, 2.45) is 11.7 Å². The van der Waals surface area contributed by atoms with E-state index < -0.39 is 5.97 Å². The minimum atomic E-state index is -0.555. The molecule has 44 heavy (non-hydrogen) atoms. The summed E-state index contributed by atoms with van der Waals surface area (Å²) in [5.41, 5.74) is 5.21. The molecule has 0 saturated carbocycles. The second-order valence-electron chi connectivity index (χ2n) is 14.0. The molecule has 266 valence electrons. The van der Waals surface area contributed by atoms with Gasteiger partial charge in [0.2, 0.25) is 0 Å². The lowest BCUT2D eigenvalue weighted by atomic mass is 9.94. The number of carboxylic acid groups (broad SMARTS) is 1. The number of aliphatic carboxylic acids is 1. The largest absolute Gasteiger partial charge is 0.481 e. The van der Waals surface area contributed by atoms with Gasteiger partial charge in [0.05, 0.1) is 5.92 Å². The number of unbranched alkanes of at least 4 members (excludes halogenated alkanes) is 30. The molecule has 0 aromatic heterocycles. The summed E-state index contributed by atoms with van der Waals surface area (Å²) < 4.78 is 0. The summed E-state index contributed by atoms with van der Waals surface area (Å²) in [6.07, 6.45) is 46.6. The zero-order valence-corrected chi connectivity index (χ0v) is 31.0. The standard InChI is InChI=1S/C36H72O2.C5H13N/c1-3-5-7-9-11-13-15-17-19-20-22-24-26-28-30-32-34-35(36(37)38)33-31-29-27-25-23-21-18-16-14-12-10-8-6-4-2;1-2-3-4-5-6/h35H,3-34H2,1-2H3,(H,37,38);2-6H2,1H3. The van der Waals surface area contributed by atoms with Crippen LogP contribution in [0.2, 0.25) is 0 Å². The highest BCUT2D eigenvalue weighted by atomic mass is 16.4. The zero-order chi connectivity index (χ0) is 32.6. The fraction of sp³-hybridized carbons (Fsp3) is 0.976. The van der Waals surface area contributed by atoms with Gasteiger partial charge in [0.25, 0.3) is 0 Å². The van der Waals surface area contributed by atoms with Gasteiger partial charge in [-0.25, -0.2) is 0 Å². The van der Waals surface area contributed by atoms with Crippen LogP contribution in [0.15, 0.2) is 0 Å². The van der Waals surface area contributed by atoms with Crippen molar-refractivity contribution in [3.05, 3.63) is 0 Å². The molecule has 0 aromatic rings. The van der Waals surface area contributed by atoms with E-state index in [1.54, 1.807) is 0 Å². The molecule has 0 aliphatic carbocycles. The molecule has 3 N–H and O–H groups in total. The smallest absolute Gasteiger partial charge is 0.306 e. The Hall–Kier alpha value is -0.570. The van der Waals surface area contributed by atoms with Gasteiger partial charge in [-0.15, -0.1) is 0 Å². The van der Waals surface area contributed by atoms with Crippen molar-refractivity contribution in [2.45, 2.75) is 245 Å². The zero-order valence-electron chi connectivity index (χ0n) is 31.0. The maximum atomic E-state index is 11.7. The van der Waals surface area contributed by atoms with Gasteiger partial charge in [0.1, 0.15) is 0 Å². The lowest BCUT2D eigenvalue weighted by Crippen LogP contribution is -2.13. The van der Waals surface area contributed by atoms with Crippen LogP contribution in [0.1, 0.15) is 245 Å². The molecular weight excluding hydrogens is 538 g/mol. The molecule has 0 rings (SSSR count). The van der Waals surface area contributed by atoms with Crippen molar-refractivity contribution in [3.63, 3.8) is 0 Å². The Kier molecular flexibility index (Phi) is 43.9. The highest BCUT2D eigenvalue weighted by Crippen LogP contribution is 2.20. The minimum Gasteiger partial charge on any atom is -0.481 e. The van der Waals surface area contributed by atoms with Gasteiger partial charge in [-0.1, -0.05) is 226 Å². The third-order valence-electron chi connectivity index (χ3n) is 9.47. The molecule has 0 aliphatic heterocycles. The quantitative estimate of drug-likeness (QED) is 0.0682. The molecule has 0 spiro atoms. The summed E-state index contributed by atoms with van der Waals surface area (Å²) in [7, 11) is 0. The molecule has 0 fully saturated rings. The summed E-state index contributed by atoms with van der Waals surface area (Å²) in [5, 5.41) is 9.60. The molecule has 3 nitrogen and oxygen atoms in total. The number of hydrogen-bond donors (Lipinski definition) is 2. The maximum absolute atomic E-state index is 11.7. The Morgan fingerprint density at radius 2 is 0.591 bits per heavy atom. The van der Waals surface area contributed by atoms with Crippen LogP contribution in [-0.4, -0.2) is 17.6 Å². The normalized spacial score (nSPS) is 11.8. The first-order valence-electron chi connectivity index (χ1n) is 20.6. The number of carbonyl (C=O) groups is 1. The van der Waals surface area contributed by atoms with Crippen molar-refractivity contribution < 1.29 is 9.90 Å². The van der Waals surface area contributed by atoms with Gasteiger partial charge in [-0.2, -0.15) is 0 Å². The average molecular weight is 624 g/mol. The Bertz CT molecular complexity index is 505. The Morgan fingerprint density at radius 3 is 0.773 bits per heavy atom. The van der Waals surface area contributed by atoms with Crippen molar-refractivity contribution in [2.75, 3.05) is 6.54 Å². The van der Waals surface area contributed by atoms with Crippen LogP contribution in [0.3, 0.4) is 0 Å². The highest BCUT2D eigenvalue weighted by molar-refractivity contribution is 5.69. The predicted octanol–water partition coefficient (Wildman–Crippen LogP) is 14.3. The first-order valence-corrected chi connectivity index (χ1v) is 20.6. The van der Waals surface area contributed by atoms with Crippen LogP contribution in [0.4, 0.5) is 0 Å². The summed E-state index contributed by atoms with van der Waals surface area (Å²) >= 11 is 0. The van der Waals surface area contributed by atoms with Crippen LogP contribution in [0.5, 0.6) is 0 Å². The van der Waals surface area contributed by atoms with Crippen molar-refractivity contribution >= 4 is 5.97 Å². The number of rotatable bonds is 36. The summed E-state index contributed by atoms with van der Waals surface area (Å²) in [4.78, 5) is 11.7. The number of carboxylic acids is 1. The van der Waals surface area contributed by atoms with E-state index in [2.05, 4.69) is 20.8 Å². The number of hydrogen-bond acceptors (Lipinski definition) is 2. The summed E-state index contributed by atoms with van der Waals surface area (Å²) in [6, 6.07) is 0. The monoisotopic (exact) mass is 624 g/mol. The Morgan fingerprint density at radius 1 is 0.386 bits per heavy atom. The number of nitrogens with two attached hydrogens (primary N) is 1. The molecule has 1 atom stereocenters. The van der Waals surface area contributed by atoms with Gasteiger partial charge in [0.15, 0.2) is 0 Å². The Labute approximate surface area is 279 Å². The van der Waals surface area contributed by atoms with Gasteiger partial charge in [0, 0.05) is 0 Å². The fourth-order valence-corrected chi connectivity index (χ4v) is 6.31. The molecule has 0 radical (unpaired) electrons. The molecule has 0 amide bonds. The molecular formula is C41H85NO2. The third kappa shape index (κ3) is 41.4. The van der Waals surface area contributed by atoms with Crippen molar-refractivity contribution in [1.82, 2.24) is 0 Å². The van der Waals surface area contributed by atoms with Crippen LogP contribution in [-0.2, 0) is 4.79 Å². The van der Waals surface area contributed by atoms with Crippen molar-refractivity contribution in [1.29, 1.82) is 0 Å². The van der Waals surface area contributed by atoms with E-state index in [4.69, 9.17) is 5.73 Å². The van der Waals surface area contributed by atoms with E-state index in [1.165, 1.54) is 199 Å². The van der Waals surface area contributed by atoms with E-state index >= 15 is 0 Å². The molecule has 3 heteroatoms. The van der Waals surface area contributed by atoms with Crippen molar-refractivity contribution in [3.8, 4) is 0 Å². The lowest BCUT2D eigenvalue weighted by Gasteiger charge is -2.12. The van der Waals surface area contributed by atoms with Gasteiger partial charge < -0.3 is 10.8 Å². The Balaban J connectivity index is 0. The van der Waals surface area contributed by atoms with E-state index in [9.17, 15) is 9.90 Å². The SMILES string of the molecule is CCCCCCCCCCCCCCCCCCC(CCCCCCCCCCCCCCCC)C(=O)O.CCCCCN. The molecule has 0 aliphatic rings. The van der Waals surface area contributed by atoms with Crippen LogP contribution >= 0.6 is 0 Å². The molecule has 0 saturated heterocycles. The van der Waals surface area contributed by atoms with Gasteiger partial charge in [-0.3, -0.25) is 4.79 Å². The summed E-state index contributed by atoms with van der Waals surface area (Å²) in [5.74, 6) is -0.653. The maximum Gasteiger partial charge on any atom is 0.306 e. The second-order valence-corrected chi connectivity index (χ2v) is 14.0. The molecule has 0 heterocycles. The molecule has 0 aromatic carbocycles. The van der Waals surface area contributed by atoms with E-state index in [0.29, 0.717) is 0 Å². The van der Waals surface area contributed by atoms with Crippen LogP contribution in [0, 0.1) is 5.92 Å². The van der Waals surface area contributed by atoms with Gasteiger partial charge in [-0.05, 0) is 25.8 Å². The first kappa shape index (κ1) is 45.6. The van der Waals surface area contributed by atoms with E-state index in [1.807, 2.05) is 0 Å². The first-order chi connectivity index (χ1) is 21.6. The predicted molar refractivity (Wildman–Crippen MR) is 199 cm³/mol. The highest BCUT2D eigenvalue weighted by Gasteiger charge is 2.16.